The fourth-order valence-electron chi connectivity index (χ4n) is 2.42. The lowest BCUT2D eigenvalue weighted by Crippen LogP contribution is -2.37. The number of hydrogen-bond donors (Lipinski definition) is 1. The summed E-state index contributed by atoms with van der Waals surface area (Å²) in [6.07, 6.45) is 8.68. The van der Waals surface area contributed by atoms with Crippen molar-refractivity contribution in [1.82, 2.24) is 4.90 Å². The summed E-state index contributed by atoms with van der Waals surface area (Å²) in [5.74, 6) is 0. The van der Waals surface area contributed by atoms with E-state index in [9.17, 15) is 5.11 Å². The first-order chi connectivity index (χ1) is 10.3. The molecule has 0 aromatic heterocycles. The van der Waals surface area contributed by atoms with Crippen LogP contribution in [0, 0.1) is 0 Å². The van der Waals surface area contributed by atoms with Gasteiger partial charge in [0.05, 0.1) is 6.21 Å². The van der Waals surface area contributed by atoms with E-state index in [-0.39, 0.29) is 6.61 Å². The summed E-state index contributed by atoms with van der Waals surface area (Å²) >= 11 is 0. The highest BCUT2D eigenvalue weighted by Gasteiger charge is 2.14. The smallest absolute Gasteiger partial charge is 0.144 e. The number of allylic oxidation sites excluding steroid dienone is 1. The average Bonchev–Trinajstić information content (AvgIpc) is 2.53. The van der Waals surface area contributed by atoms with Crippen molar-refractivity contribution in [3.8, 4) is 0 Å². The van der Waals surface area contributed by atoms with Gasteiger partial charge in [-0.2, -0.15) is 0 Å². The Kier molecular flexibility index (Phi) is 6.98. The van der Waals surface area contributed by atoms with Gasteiger partial charge in [0, 0.05) is 6.54 Å². The molecule has 114 valence electrons. The molecule has 4 heteroatoms. The van der Waals surface area contributed by atoms with Crippen molar-refractivity contribution in [3.63, 3.8) is 0 Å². The first-order valence-corrected chi connectivity index (χ1v) is 7.62. The minimum absolute atomic E-state index is 0.242. The first kappa shape index (κ1) is 15.7. The Morgan fingerprint density at radius 1 is 1.19 bits per heavy atom. The quantitative estimate of drug-likeness (QED) is 0.619. The molecule has 0 aliphatic carbocycles. The SMILES string of the molecule is OC(CO/N=C/C=C/c1ccccc1)CN1CCCCC1. The molecule has 0 saturated carbocycles. The third kappa shape index (κ3) is 6.56. The Bertz CT molecular complexity index is 439. The van der Waals surface area contributed by atoms with Gasteiger partial charge in [0.25, 0.3) is 0 Å². The molecule has 0 amide bonds. The molecular weight excluding hydrogens is 264 g/mol. The van der Waals surface area contributed by atoms with Crippen LogP contribution in [0.15, 0.2) is 41.6 Å². The molecule has 1 fully saturated rings. The molecule has 4 nitrogen and oxygen atoms in total. The van der Waals surface area contributed by atoms with Gasteiger partial charge in [-0.3, -0.25) is 0 Å². The number of nitrogens with zero attached hydrogens (tertiary/aromatic N) is 2. The van der Waals surface area contributed by atoms with Crippen LogP contribution in [-0.2, 0) is 4.84 Å². The van der Waals surface area contributed by atoms with E-state index in [1.54, 1.807) is 6.21 Å². The fourth-order valence-corrected chi connectivity index (χ4v) is 2.42. The number of benzene rings is 1. The number of aliphatic hydroxyl groups is 1. The average molecular weight is 288 g/mol. The van der Waals surface area contributed by atoms with Crippen molar-refractivity contribution in [2.75, 3.05) is 26.2 Å². The number of aliphatic hydroxyl groups excluding tert-OH is 1. The minimum atomic E-state index is -0.474. The second-order valence-electron chi connectivity index (χ2n) is 5.34. The highest BCUT2D eigenvalue weighted by molar-refractivity contribution is 5.77. The number of oxime groups is 1. The summed E-state index contributed by atoms with van der Waals surface area (Å²) in [5, 5.41) is 13.7. The topological polar surface area (TPSA) is 45.1 Å². The Labute approximate surface area is 126 Å². The van der Waals surface area contributed by atoms with Crippen molar-refractivity contribution >= 4 is 12.3 Å². The highest BCUT2D eigenvalue weighted by atomic mass is 16.6. The molecular formula is C17H24N2O2. The third-order valence-electron chi connectivity index (χ3n) is 3.49. The van der Waals surface area contributed by atoms with Crippen molar-refractivity contribution in [3.05, 3.63) is 42.0 Å². The predicted octanol–water partition coefficient (Wildman–Crippen LogP) is 2.55. The van der Waals surface area contributed by atoms with Gasteiger partial charge in [-0.15, -0.1) is 0 Å². The van der Waals surface area contributed by atoms with E-state index in [1.807, 2.05) is 42.5 Å². The molecule has 0 bridgehead atoms. The lowest BCUT2D eigenvalue weighted by Gasteiger charge is -2.27. The number of rotatable bonds is 7. The number of hydrogen-bond acceptors (Lipinski definition) is 4. The molecule has 1 atom stereocenters. The number of piperidine rings is 1. The lowest BCUT2D eigenvalue weighted by molar-refractivity contribution is 0.0164. The molecule has 0 spiro atoms. The van der Waals surface area contributed by atoms with Crippen molar-refractivity contribution in [1.29, 1.82) is 0 Å². The Hall–Kier alpha value is -1.65. The summed E-state index contributed by atoms with van der Waals surface area (Å²) < 4.78 is 0. The van der Waals surface area contributed by atoms with Crippen molar-refractivity contribution in [2.24, 2.45) is 5.16 Å². The van der Waals surface area contributed by atoms with E-state index in [0.29, 0.717) is 6.54 Å². The largest absolute Gasteiger partial charge is 0.393 e. The van der Waals surface area contributed by atoms with Gasteiger partial charge in [0.15, 0.2) is 0 Å². The maximum atomic E-state index is 9.88. The van der Waals surface area contributed by atoms with E-state index in [0.717, 1.165) is 18.7 Å². The zero-order valence-electron chi connectivity index (χ0n) is 12.4. The predicted molar refractivity (Wildman–Crippen MR) is 86.2 cm³/mol. The summed E-state index contributed by atoms with van der Waals surface area (Å²) in [6, 6.07) is 10.0. The molecule has 1 aromatic rings. The van der Waals surface area contributed by atoms with Crippen LogP contribution in [-0.4, -0.2) is 48.6 Å². The van der Waals surface area contributed by atoms with Crippen LogP contribution in [0.5, 0.6) is 0 Å². The van der Waals surface area contributed by atoms with Crippen LogP contribution in [0.25, 0.3) is 6.08 Å². The van der Waals surface area contributed by atoms with E-state index in [4.69, 9.17) is 4.84 Å². The van der Waals surface area contributed by atoms with Gasteiger partial charge in [0.2, 0.25) is 0 Å². The van der Waals surface area contributed by atoms with Crippen molar-refractivity contribution in [2.45, 2.75) is 25.4 Å². The van der Waals surface area contributed by atoms with E-state index < -0.39 is 6.10 Å². The van der Waals surface area contributed by atoms with Crippen LogP contribution >= 0.6 is 0 Å². The summed E-state index contributed by atoms with van der Waals surface area (Å²) in [4.78, 5) is 7.40. The van der Waals surface area contributed by atoms with E-state index >= 15 is 0 Å². The fraction of sp³-hybridized carbons (Fsp3) is 0.471. The van der Waals surface area contributed by atoms with Gasteiger partial charge in [-0.25, -0.2) is 0 Å². The molecule has 0 radical (unpaired) electrons. The van der Waals surface area contributed by atoms with E-state index in [2.05, 4.69) is 10.1 Å². The lowest BCUT2D eigenvalue weighted by atomic mass is 10.1. The zero-order valence-corrected chi connectivity index (χ0v) is 12.4. The third-order valence-corrected chi connectivity index (χ3v) is 3.49. The number of β-amino-alcohol motifs (C(OH)–C–C–N with tert-alkyl or cyclic N) is 1. The Balaban J connectivity index is 1.59. The van der Waals surface area contributed by atoms with Crippen LogP contribution in [0.3, 0.4) is 0 Å². The van der Waals surface area contributed by atoms with Crippen molar-refractivity contribution < 1.29 is 9.94 Å². The van der Waals surface area contributed by atoms with Crippen LogP contribution in [0.4, 0.5) is 0 Å². The van der Waals surface area contributed by atoms with Gasteiger partial charge in [0.1, 0.15) is 12.7 Å². The maximum Gasteiger partial charge on any atom is 0.144 e. The second-order valence-corrected chi connectivity index (χ2v) is 5.34. The Morgan fingerprint density at radius 3 is 2.71 bits per heavy atom. The number of likely N-dealkylation sites (tertiary alicyclic amines) is 1. The summed E-state index contributed by atoms with van der Waals surface area (Å²) in [7, 11) is 0. The summed E-state index contributed by atoms with van der Waals surface area (Å²) in [5.41, 5.74) is 1.12. The molecule has 21 heavy (non-hydrogen) atoms. The van der Waals surface area contributed by atoms with Crippen LogP contribution in [0.1, 0.15) is 24.8 Å². The van der Waals surface area contributed by atoms with Crippen LogP contribution < -0.4 is 0 Å². The minimum Gasteiger partial charge on any atom is -0.393 e. The molecule has 1 N–H and O–H groups in total. The van der Waals surface area contributed by atoms with Gasteiger partial charge >= 0.3 is 0 Å². The molecule has 1 aliphatic heterocycles. The molecule has 1 saturated heterocycles. The monoisotopic (exact) mass is 288 g/mol. The van der Waals surface area contributed by atoms with Crippen LogP contribution in [0.2, 0.25) is 0 Å². The summed E-state index contributed by atoms with van der Waals surface area (Å²) in [6.45, 7) is 3.09. The molecule has 1 unspecified atom stereocenters. The standard InChI is InChI=1S/C17H24N2O2/c20-17(14-19-12-5-2-6-13-19)15-21-18-11-7-10-16-8-3-1-4-9-16/h1,3-4,7-11,17,20H,2,5-6,12-15H2/b10-7+,18-11+. The zero-order chi connectivity index (χ0) is 14.8. The highest BCUT2D eigenvalue weighted by Crippen LogP contribution is 2.08. The first-order valence-electron chi connectivity index (χ1n) is 7.62. The molecule has 1 aliphatic rings. The van der Waals surface area contributed by atoms with Gasteiger partial charge in [-0.05, 0) is 37.6 Å². The Morgan fingerprint density at radius 2 is 1.95 bits per heavy atom. The normalized spacial score (nSPS) is 18.3. The molecule has 2 rings (SSSR count). The van der Waals surface area contributed by atoms with E-state index in [1.165, 1.54) is 19.3 Å². The second kappa shape index (κ2) is 9.32. The van der Waals surface area contributed by atoms with Gasteiger partial charge in [-0.1, -0.05) is 48.0 Å². The molecule has 1 heterocycles. The molecule has 1 aromatic carbocycles. The van der Waals surface area contributed by atoms with Gasteiger partial charge < -0.3 is 14.8 Å². The maximum absolute atomic E-state index is 9.88.